The molecule has 0 aliphatic carbocycles. The second-order valence-corrected chi connectivity index (χ2v) is 7.94. The molecule has 2 aromatic heterocycles. The number of aliphatic hydroxyl groups excluding tert-OH is 1. The SMILES string of the molecule is COc1ccc(-c2cn(CC(O)c3sc(-c4ccc(C)cc4)nc3C)nn2)cc1. The van der Waals surface area contributed by atoms with Crippen LogP contribution in [0.1, 0.15) is 22.2 Å². The van der Waals surface area contributed by atoms with Gasteiger partial charge in [-0.2, -0.15) is 0 Å². The number of ether oxygens (including phenoxy) is 1. The van der Waals surface area contributed by atoms with Crippen LogP contribution in [-0.2, 0) is 6.54 Å². The molecule has 0 fully saturated rings. The first-order valence-corrected chi connectivity index (χ1v) is 10.1. The highest BCUT2D eigenvalue weighted by atomic mass is 32.1. The lowest BCUT2D eigenvalue weighted by Crippen LogP contribution is -2.09. The molecule has 7 heteroatoms. The van der Waals surface area contributed by atoms with E-state index >= 15 is 0 Å². The lowest BCUT2D eigenvalue weighted by atomic mass is 10.1. The number of benzene rings is 2. The van der Waals surface area contributed by atoms with E-state index in [1.807, 2.05) is 37.4 Å². The molecule has 148 valence electrons. The highest BCUT2D eigenvalue weighted by molar-refractivity contribution is 7.15. The normalized spacial score (nSPS) is 12.1. The average molecular weight is 407 g/mol. The first-order chi connectivity index (χ1) is 14.0. The highest BCUT2D eigenvalue weighted by Crippen LogP contribution is 2.32. The van der Waals surface area contributed by atoms with Gasteiger partial charge in [0.25, 0.3) is 0 Å². The van der Waals surface area contributed by atoms with Crippen molar-refractivity contribution in [1.82, 2.24) is 20.0 Å². The summed E-state index contributed by atoms with van der Waals surface area (Å²) >= 11 is 1.52. The van der Waals surface area contributed by atoms with E-state index in [9.17, 15) is 5.11 Å². The molecule has 0 aliphatic heterocycles. The molecule has 0 aliphatic rings. The second-order valence-electron chi connectivity index (χ2n) is 6.90. The van der Waals surface area contributed by atoms with E-state index in [2.05, 4.69) is 46.5 Å². The van der Waals surface area contributed by atoms with Crippen molar-refractivity contribution in [3.8, 4) is 27.6 Å². The van der Waals surface area contributed by atoms with Crippen LogP contribution < -0.4 is 4.74 Å². The molecule has 4 rings (SSSR count). The fraction of sp³-hybridized carbons (Fsp3) is 0.227. The summed E-state index contributed by atoms with van der Waals surface area (Å²) in [6.07, 6.45) is 1.14. The van der Waals surface area contributed by atoms with E-state index in [1.54, 1.807) is 11.8 Å². The van der Waals surface area contributed by atoms with Gasteiger partial charge in [-0.15, -0.1) is 16.4 Å². The molecule has 6 nitrogen and oxygen atoms in total. The molecule has 2 aromatic carbocycles. The van der Waals surface area contributed by atoms with Gasteiger partial charge in [-0.3, -0.25) is 0 Å². The Morgan fingerprint density at radius 3 is 2.41 bits per heavy atom. The van der Waals surface area contributed by atoms with Crippen LogP contribution in [0.5, 0.6) is 5.75 Å². The summed E-state index contributed by atoms with van der Waals surface area (Å²) < 4.78 is 6.85. The lowest BCUT2D eigenvalue weighted by Gasteiger charge is -2.08. The third-order valence-corrected chi connectivity index (χ3v) is 6.03. The topological polar surface area (TPSA) is 73.1 Å². The molecule has 1 unspecified atom stereocenters. The van der Waals surface area contributed by atoms with Crippen molar-refractivity contribution in [2.75, 3.05) is 7.11 Å². The van der Waals surface area contributed by atoms with Crippen molar-refractivity contribution >= 4 is 11.3 Å². The van der Waals surface area contributed by atoms with Gasteiger partial charge in [-0.1, -0.05) is 35.0 Å². The van der Waals surface area contributed by atoms with Crippen molar-refractivity contribution in [2.24, 2.45) is 0 Å². The maximum absolute atomic E-state index is 10.8. The van der Waals surface area contributed by atoms with E-state index in [1.165, 1.54) is 16.9 Å². The highest BCUT2D eigenvalue weighted by Gasteiger charge is 2.18. The Hall–Kier alpha value is -3.03. The van der Waals surface area contributed by atoms with Crippen molar-refractivity contribution in [1.29, 1.82) is 0 Å². The molecule has 0 amide bonds. The molecule has 0 saturated heterocycles. The van der Waals surface area contributed by atoms with Crippen molar-refractivity contribution in [2.45, 2.75) is 26.5 Å². The van der Waals surface area contributed by atoms with Crippen molar-refractivity contribution in [3.63, 3.8) is 0 Å². The lowest BCUT2D eigenvalue weighted by molar-refractivity contribution is 0.153. The van der Waals surface area contributed by atoms with Crippen LogP contribution in [0.3, 0.4) is 0 Å². The molecular formula is C22H22N4O2S. The number of aliphatic hydroxyl groups is 1. The summed E-state index contributed by atoms with van der Waals surface area (Å²) in [5, 5.41) is 20.1. The molecular weight excluding hydrogens is 384 g/mol. The third-order valence-electron chi connectivity index (χ3n) is 4.72. The van der Waals surface area contributed by atoms with Gasteiger partial charge in [0.05, 0.1) is 30.4 Å². The molecule has 0 radical (unpaired) electrons. The fourth-order valence-electron chi connectivity index (χ4n) is 3.08. The standard InChI is InChI=1S/C22H22N4O2S/c1-14-4-6-17(7-5-14)22-23-15(2)21(29-22)20(27)13-26-12-19(24-25-26)16-8-10-18(28-3)11-9-16/h4-12,20,27H,13H2,1-3H3. The summed E-state index contributed by atoms with van der Waals surface area (Å²) in [5.74, 6) is 0.793. The zero-order valence-corrected chi connectivity index (χ0v) is 17.3. The van der Waals surface area contributed by atoms with Crippen molar-refractivity contribution < 1.29 is 9.84 Å². The van der Waals surface area contributed by atoms with E-state index < -0.39 is 6.10 Å². The number of nitrogens with zero attached hydrogens (tertiary/aromatic N) is 4. The minimum absolute atomic E-state index is 0.319. The number of thiazole rings is 1. The monoisotopic (exact) mass is 406 g/mol. The Labute approximate surface area is 173 Å². The van der Waals surface area contributed by atoms with Crippen molar-refractivity contribution in [3.05, 3.63) is 70.9 Å². The summed E-state index contributed by atoms with van der Waals surface area (Å²) in [6, 6.07) is 15.9. The van der Waals surface area contributed by atoms with Crippen LogP contribution in [0.2, 0.25) is 0 Å². The Balaban J connectivity index is 1.50. The Morgan fingerprint density at radius 2 is 1.72 bits per heavy atom. The summed E-state index contributed by atoms with van der Waals surface area (Å²) in [4.78, 5) is 5.49. The molecule has 4 aromatic rings. The summed E-state index contributed by atoms with van der Waals surface area (Å²) in [5.41, 5.74) is 4.81. The van der Waals surface area contributed by atoms with Gasteiger partial charge >= 0.3 is 0 Å². The molecule has 0 saturated carbocycles. The van der Waals surface area contributed by atoms with Crippen LogP contribution in [0, 0.1) is 13.8 Å². The average Bonchev–Trinajstić information content (AvgIpc) is 3.35. The molecule has 1 atom stereocenters. The zero-order valence-electron chi connectivity index (χ0n) is 16.5. The van der Waals surface area contributed by atoms with Gasteiger partial charge in [0.15, 0.2) is 0 Å². The van der Waals surface area contributed by atoms with Gasteiger partial charge in [-0.05, 0) is 38.1 Å². The predicted octanol–water partition coefficient (Wildman–Crippen LogP) is 4.43. The summed E-state index contributed by atoms with van der Waals surface area (Å²) in [6.45, 7) is 4.31. The van der Waals surface area contributed by atoms with Crippen LogP contribution >= 0.6 is 11.3 Å². The molecule has 29 heavy (non-hydrogen) atoms. The van der Waals surface area contributed by atoms with Crippen LogP contribution in [0.15, 0.2) is 54.7 Å². The predicted molar refractivity (Wildman–Crippen MR) is 114 cm³/mol. The largest absolute Gasteiger partial charge is 0.497 e. The first-order valence-electron chi connectivity index (χ1n) is 9.30. The quantitative estimate of drug-likeness (QED) is 0.513. The second kappa shape index (κ2) is 8.14. The number of aryl methyl sites for hydroxylation is 2. The molecule has 2 heterocycles. The maximum atomic E-state index is 10.8. The Kier molecular flexibility index (Phi) is 5.42. The van der Waals surface area contributed by atoms with Crippen LogP contribution in [-0.4, -0.2) is 32.2 Å². The van der Waals surface area contributed by atoms with E-state index in [-0.39, 0.29) is 0 Å². The number of hydrogen-bond donors (Lipinski definition) is 1. The van der Waals surface area contributed by atoms with Gasteiger partial charge in [-0.25, -0.2) is 9.67 Å². The minimum atomic E-state index is -0.697. The number of aromatic nitrogens is 4. The Morgan fingerprint density at radius 1 is 1.03 bits per heavy atom. The van der Waals surface area contributed by atoms with E-state index in [4.69, 9.17) is 4.74 Å². The first kappa shape index (κ1) is 19.3. The van der Waals surface area contributed by atoms with Crippen LogP contribution in [0.25, 0.3) is 21.8 Å². The maximum Gasteiger partial charge on any atom is 0.123 e. The zero-order chi connectivity index (χ0) is 20.4. The van der Waals surface area contributed by atoms with Gasteiger partial charge in [0.1, 0.15) is 22.6 Å². The Bertz CT molecular complexity index is 1100. The van der Waals surface area contributed by atoms with E-state index in [0.29, 0.717) is 6.54 Å². The third kappa shape index (κ3) is 4.21. The van der Waals surface area contributed by atoms with Gasteiger partial charge < -0.3 is 9.84 Å². The van der Waals surface area contributed by atoms with Crippen LogP contribution in [0.4, 0.5) is 0 Å². The smallest absolute Gasteiger partial charge is 0.123 e. The summed E-state index contributed by atoms with van der Waals surface area (Å²) in [7, 11) is 1.64. The molecule has 0 spiro atoms. The number of methoxy groups -OCH3 is 1. The van der Waals surface area contributed by atoms with Gasteiger partial charge in [0.2, 0.25) is 0 Å². The minimum Gasteiger partial charge on any atom is -0.497 e. The fourth-order valence-corrected chi connectivity index (χ4v) is 4.13. The number of hydrogen-bond acceptors (Lipinski definition) is 6. The molecule has 1 N–H and O–H groups in total. The van der Waals surface area contributed by atoms with E-state index in [0.717, 1.165) is 38.1 Å². The molecule has 0 bridgehead atoms. The van der Waals surface area contributed by atoms with Gasteiger partial charge in [0, 0.05) is 11.1 Å². The number of rotatable bonds is 6.